The van der Waals surface area contributed by atoms with Gasteiger partial charge in [-0.05, 0) is 67.9 Å². The summed E-state index contributed by atoms with van der Waals surface area (Å²) in [6.07, 6.45) is -3.02. The van der Waals surface area contributed by atoms with Crippen LogP contribution >= 0.6 is 0 Å². The van der Waals surface area contributed by atoms with Crippen molar-refractivity contribution in [2.45, 2.75) is 99.9 Å². The molecule has 9 nitrogen and oxygen atoms in total. The Hall–Kier alpha value is -0.923. The van der Waals surface area contributed by atoms with Gasteiger partial charge < -0.3 is 41.4 Å². The fraction of sp³-hybridized carbons (Fsp3) is 0.750. The Kier molecular flexibility index (Phi) is 15.3. The maximum atomic E-state index is 5.91. The molecule has 0 aromatic heterocycles. The highest BCUT2D eigenvalue weighted by molar-refractivity contribution is 6.53. The molecule has 0 aliphatic carbocycles. The summed E-state index contributed by atoms with van der Waals surface area (Å²) in [6.45, 7) is 17.6. The third kappa shape index (κ3) is 12.2. The number of rotatable bonds is 19. The fourth-order valence-corrected chi connectivity index (χ4v) is 5.26. The van der Waals surface area contributed by atoms with Crippen LogP contribution in [0.3, 0.4) is 0 Å². The van der Waals surface area contributed by atoms with E-state index in [0.717, 1.165) is 5.56 Å². The van der Waals surface area contributed by atoms with Crippen molar-refractivity contribution in [2.75, 3.05) is 19.8 Å². The van der Waals surface area contributed by atoms with Crippen LogP contribution in [0.15, 0.2) is 30.3 Å². The molecule has 0 saturated heterocycles. The van der Waals surface area contributed by atoms with E-state index in [1.165, 1.54) is 0 Å². The third-order valence-corrected chi connectivity index (χ3v) is 7.02. The van der Waals surface area contributed by atoms with Gasteiger partial charge in [0.15, 0.2) is 31.5 Å². The Morgan fingerprint density at radius 2 is 0.941 bits per heavy atom. The molecule has 0 radical (unpaired) electrons. The van der Waals surface area contributed by atoms with E-state index in [4.69, 9.17) is 41.4 Å². The SMILES string of the molecule is CCO[Si](OCC)(OCC)OC(C)OC(C)OC(C)OC(C)OC(C)OC(C)c1ccccc1. The number of ether oxygens (including phenoxy) is 5. The predicted octanol–water partition coefficient (Wildman–Crippen LogP) is 5.12. The van der Waals surface area contributed by atoms with Crippen LogP contribution in [-0.4, -0.2) is 60.3 Å². The summed E-state index contributed by atoms with van der Waals surface area (Å²) in [5.74, 6) is 0. The van der Waals surface area contributed by atoms with Crippen molar-refractivity contribution in [3.63, 3.8) is 0 Å². The van der Waals surface area contributed by atoms with Crippen LogP contribution in [0.1, 0.15) is 74.0 Å². The first-order valence-electron chi connectivity index (χ1n) is 12.1. The molecule has 1 aromatic carbocycles. The van der Waals surface area contributed by atoms with Crippen LogP contribution in [0.2, 0.25) is 0 Å². The summed E-state index contributed by atoms with van der Waals surface area (Å²) in [4.78, 5) is 0. The lowest BCUT2D eigenvalue weighted by atomic mass is 10.1. The number of benzene rings is 1. The molecule has 34 heavy (non-hydrogen) atoms. The van der Waals surface area contributed by atoms with E-state index in [9.17, 15) is 0 Å². The highest BCUT2D eigenvalue weighted by Gasteiger charge is 2.47. The molecule has 0 spiro atoms. The van der Waals surface area contributed by atoms with Crippen LogP contribution in [0.25, 0.3) is 0 Å². The van der Waals surface area contributed by atoms with Gasteiger partial charge in [-0.25, -0.2) is 0 Å². The molecular formula is C24H44O9Si. The second-order valence-corrected chi connectivity index (χ2v) is 9.59. The minimum Gasteiger partial charge on any atom is -0.351 e. The first kappa shape index (κ1) is 31.1. The Morgan fingerprint density at radius 1 is 0.559 bits per heavy atom. The van der Waals surface area contributed by atoms with Gasteiger partial charge in [-0.2, -0.15) is 0 Å². The van der Waals surface area contributed by atoms with Gasteiger partial charge in [-0.1, -0.05) is 30.3 Å². The maximum absolute atomic E-state index is 5.91. The normalized spacial score (nSPS) is 17.7. The van der Waals surface area contributed by atoms with E-state index in [-0.39, 0.29) is 6.10 Å². The minimum atomic E-state index is -3.29. The second kappa shape index (κ2) is 16.7. The lowest BCUT2D eigenvalue weighted by Gasteiger charge is -2.31. The predicted molar refractivity (Wildman–Crippen MR) is 129 cm³/mol. The Bertz CT molecular complexity index is 619. The van der Waals surface area contributed by atoms with Gasteiger partial charge in [0.2, 0.25) is 0 Å². The van der Waals surface area contributed by atoms with Crippen LogP contribution in [-0.2, 0) is 41.4 Å². The molecule has 0 saturated carbocycles. The zero-order chi connectivity index (χ0) is 25.6. The zero-order valence-corrected chi connectivity index (χ0v) is 23.1. The van der Waals surface area contributed by atoms with E-state index in [1.54, 1.807) is 27.7 Å². The third-order valence-electron chi connectivity index (χ3n) is 4.47. The van der Waals surface area contributed by atoms with Gasteiger partial charge in [0.25, 0.3) is 0 Å². The smallest absolute Gasteiger partial charge is 0.351 e. The lowest BCUT2D eigenvalue weighted by Crippen LogP contribution is -2.52. The Morgan fingerprint density at radius 3 is 1.35 bits per heavy atom. The van der Waals surface area contributed by atoms with Crippen LogP contribution in [0.4, 0.5) is 0 Å². The minimum absolute atomic E-state index is 0.104. The van der Waals surface area contributed by atoms with Crippen molar-refractivity contribution in [1.82, 2.24) is 0 Å². The van der Waals surface area contributed by atoms with Crippen molar-refractivity contribution in [3.05, 3.63) is 35.9 Å². The largest absolute Gasteiger partial charge is 0.681 e. The van der Waals surface area contributed by atoms with E-state index in [0.29, 0.717) is 19.8 Å². The first-order valence-corrected chi connectivity index (χ1v) is 13.7. The second-order valence-electron chi connectivity index (χ2n) is 7.49. The average Bonchev–Trinajstić information content (AvgIpc) is 2.74. The molecule has 0 aliphatic heterocycles. The molecule has 198 valence electrons. The van der Waals surface area contributed by atoms with Crippen molar-refractivity contribution in [1.29, 1.82) is 0 Å². The topological polar surface area (TPSA) is 83.1 Å². The summed E-state index contributed by atoms with van der Waals surface area (Å²) in [6, 6.07) is 9.97. The maximum Gasteiger partial charge on any atom is 0.681 e. The van der Waals surface area contributed by atoms with Crippen LogP contribution < -0.4 is 0 Å². The summed E-state index contributed by atoms with van der Waals surface area (Å²) >= 11 is 0. The molecule has 0 heterocycles. The van der Waals surface area contributed by atoms with E-state index in [2.05, 4.69) is 0 Å². The molecule has 0 bridgehead atoms. The van der Waals surface area contributed by atoms with Gasteiger partial charge in [0, 0.05) is 19.8 Å². The summed E-state index contributed by atoms with van der Waals surface area (Å²) < 4.78 is 52.0. The number of hydrogen-bond donors (Lipinski definition) is 0. The quantitative estimate of drug-likeness (QED) is 0.188. The summed E-state index contributed by atoms with van der Waals surface area (Å²) in [5.41, 5.74) is 1.08. The molecular weight excluding hydrogens is 460 g/mol. The molecule has 0 amide bonds. The molecule has 6 atom stereocenters. The van der Waals surface area contributed by atoms with Gasteiger partial charge in [0.1, 0.15) is 0 Å². The molecule has 10 heteroatoms. The highest BCUT2D eigenvalue weighted by atomic mass is 28.4. The first-order chi connectivity index (χ1) is 16.1. The van der Waals surface area contributed by atoms with Gasteiger partial charge >= 0.3 is 9.05 Å². The zero-order valence-electron chi connectivity index (χ0n) is 22.1. The van der Waals surface area contributed by atoms with Crippen molar-refractivity contribution >= 4 is 9.05 Å². The van der Waals surface area contributed by atoms with Gasteiger partial charge in [0.05, 0.1) is 6.10 Å². The van der Waals surface area contributed by atoms with Crippen LogP contribution in [0.5, 0.6) is 0 Å². The van der Waals surface area contributed by atoms with Crippen molar-refractivity contribution in [2.24, 2.45) is 0 Å². The summed E-state index contributed by atoms with van der Waals surface area (Å²) in [7, 11) is -3.29. The molecule has 1 aromatic rings. The van der Waals surface area contributed by atoms with Gasteiger partial charge in [-0.3, -0.25) is 0 Å². The van der Waals surface area contributed by atoms with Crippen molar-refractivity contribution in [3.8, 4) is 0 Å². The monoisotopic (exact) mass is 504 g/mol. The van der Waals surface area contributed by atoms with E-state index < -0.39 is 40.5 Å². The Labute approximate surface area is 206 Å². The number of hydrogen-bond acceptors (Lipinski definition) is 9. The fourth-order valence-electron chi connectivity index (χ4n) is 3.29. The van der Waals surface area contributed by atoms with Gasteiger partial charge in [-0.15, -0.1) is 0 Å². The van der Waals surface area contributed by atoms with E-state index >= 15 is 0 Å². The Balaban J connectivity index is 2.44. The summed E-state index contributed by atoms with van der Waals surface area (Å²) in [5, 5.41) is 0. The molecule has 6 unspecified atom stereocenters. The highest BCUT2D eigenvalue weighted by Crippen LogP contribution is 2.20. The molecule has 0 N–H and O–H groups in total. The van der Waals surface area contributed by atoms with Crippen molar-refractivity contribution < 1.29 is 41.4 Å². The van der Waals surface area contributed by atoms with Crippen LogP contribution in [0, 0.1) is 0 Å². The lowest BCUT2D eigenvalue weighted by molar-refractivity contribution is -0.322. The van der Waals surface area contributed by atoms with E-state index in [1.807, 2.05) is 65.0 Å². The molecule has 0 aliphatic rings. The molecule has 0 fully saturated rings. The molecule has 1 rings (SSSR count). The standard InChI is InChI=1S/C24H44O9Si/c1-10-25-34(26-11-2,27-12-3)33-23(9)32-22(8)31-21(7)30-20(6)29-19(5)28-18(4)24-16-14-13-15-17-24/h13-23H,10-12H2,1-9H3. The average molecular weight is 505 g/mol.